The Bertz CT molecular complexity index is 431. The van der Waals surface area contributed by atoms with Gasteiger partial charge in [0.05, 0.1) is 5.56 Å². The fourth-order valence-corrected chi connectivity index (χ4v) is 1.35. The van der Waals surface area contributed by atoms with E-state index in [4.69, 9.17) is 11.2 Å². The molecule has 14 heavy (non-hydrogen) atoms. The van der Waals surface area contributed by atoms with Crippen LogP contribution in [0.4, 0.5) is 0 Å². The number of benzene rings is 1. The highest BCUT2D eigenvalue weighted by Crippen LogP contribution is 2.23. The Balaban J connectivity index is 2.46. The molecule has 3 nitrogen and oxygen atoms in total. The van der Waals surface area contributed by atoms with Crippen molar-refractivity contribution < 1.29 is 9.53 Å². The number of ether oxygens (including phenoxy) is 1. The molecule has 1 atom stereocenters. The Morgan fingerprint density at radius 3 is 3.07 bits per heavy atom. The highest BCUT2D eigenvalue weighted by atomic mass is 16.5. The lowest BCUT2D eigenvalue weighted by Crippen LogP contribution is -2.42. The van der Waals surface area contributed by atoms with Gasteiger partial charge in [0.1, 0.15) is 5.75 Å². The Labute approximate surface area is 82.1 Å². The van der Waals surface area contributed by atoms with Crippen LogP contribution < -0.4 is 10.1 Å². The van der Waals surface area contributed by atoms with Crippen molar-refractivity contribution in [3.63, 3.8) is 0 Å². The predicted octanol–water partition coefficient (Wildman–Crippen LogP) is 1.08. The number of carbonyl (C=O) groups excluding carboxylic acids is 1. The van der Waals surface area contributed by atoms with E-state index in [0.29, 0.717) is 11.3 Å². The number of fused-ring (bicyclic) bond motifs is 1. The second kappa shape index (κ2) is 3.08. The Kier molecular flexibility index (Phi) is 1.90. The molecule has 1 amide bonds. The Morgan fingerprint density at radius 1 is 1.57 bits per heavy atom. The summed E-state index contributed by atoms with van der Waals surface area (Å²) in [6.07, 6.45) is 4.51. The van der Waals surface area contributed by atoms with Crippen molar-refractivity contribution in [2.75, 3.05) is 0 Å². The summed E-state index contributed by atoms with van der Waals surface area (Å²) in [5, 5.41) is 2.55. The van der Waals surface area contributed by atoms with Crippen molar-refractivity contribution in [3.8, 4) is 18.1 Å². The van der Waals surface area contributed by atoms with Crippen molar-refractivity contribution in [2.24, 2.45) is 0 Å². The first kappa shape index (κ1) is 8.64. The van der Waals surface area contributed by atoms with Crippen LogP contribution in [-0.2, 0) is 0 Å². The van der Waals surface area contributed by atoms with Gasteiger partial charge in [-0.25, -0.2) is 0 Å². The lowest BCUT2D eigenvalue weighted by atomic mass is 10.1. The molecule has 1 aliphatic rings. The highest BCUT2D eigenvalue weighted by Gasteiger charge is 2.23. The molecule has 0 bridgehead atoms. The van der Waals surface area contributed by atoms with Crippen LogP contribution in [0.1, 0.15) is 15.9 Å². The number of amides is 1. The molecule has 1 N–H and O–H groups in total. The average Bonchev–Trinajstić information content (AvgIpc) is 2.19. The summed E-state index contributed by atoms with van der Waals surface area (Å²) < 4.78 is 5.34. The van der Waals surface area contributed by atoms with Crippen LogP contribution in [0.25, 0.3) is 0 Å². The third-order valence-corrected chi connectivity index (χ3v) is 2.04. The van der Waals surface area contributed by atoms with Crippen molar-refractivity contribution in [2.45, 2.75) is 13.2 Å². The third-order valence-electron chi connectivity index (χ3n) is 2.04. The number of nitrogens with one attached hydrogen (secondary N) is 1. The molecule has 0 radical (unpaired) electrons. The monoisotopic (exact) mass is 187 g/mol. The fraction of sp³-hybridized carbons (Fsp3) is 0.182. The van der Waals surface area contributed by atoms with Crippen LogP contribution in [0.5, 0.6) is 5.75 Å². The molecule has 3 heteroatoms. The van der Waals surface area contributed by atoms with E-state index in [1.54, 1.807) is 12.1 Å². The first-order valence-corrected chi connectivity index (χ1v) is 4.25. The zero-order valence-electron chi connectivity index (χ0n) is 7.70. The van der Waals surface area contributed by atoms with Gasteiger partial charge in [0.2, 0.25) is 6.23 Å². The van der Waals surface area contributed by atoms with Crippen molar-refractivity contribution in [1.29, 1.82) is 0 Å². The summed E-state index contributed by atoms with van der Waals surface area (Å²) >= 11 is 0. The van der Waals surface area contributed by atoms with E-state index in [-0.39, 0.29) is 5.91 Å². The summed E-state index contributed by atoms with van der Waals surface area (Å²) in [7, 11) is 0. The second-order valence-corrected chi connectivity index (χ2v) is 3.14. The normalized spacial score (nSPS) is 18.9. The minimum atomic E-state index is -0.655. The van der Waals surface area contributed by atoms with E-state index in [9.17, 15) is 4.79 Å². The van der Waals surface area contributed by atoms with Gasteiger partial charge in [-0.05, 0) is 25.0 Å². The lowest BCUT2D eigenvalue weighted by molar-refractivity contribution is 0.0832. The Hall–Kier alpha value is -1.95. The molecule has 1 unspecified atom stereocenters. The standard InChI is InChI=1S/C11H9NO2/c1-3-10-12-11(13)8-6-7(2)4-5-9(8)14-10/h1,4-6,10H,2H3,(H,12,13). The molecule has 0 saturated heterocycles. The first-order valence-electron chi connectivity index (χ1n) is 4.25. The summed E-state index contributed by atoms with van der Waals surface area (Å²) in [5.41, 5.74) is 1.55. The van der Waals surface area contributed by atoms with Gasteiger partial charge in [0.15, 0.2) is 0 Å². The van der Waals surface area contributed by atoms with Crippen LogP contribution >= 0.6 is 0 Å². The summed E-state index contributed by atoms with van der Waals surface area (Å²) in [4.78, 5) is 11.5. The lowest BCUT2D eigenvalue weighted by Gasteiger charge is -2.23. The van der Waals surface area contributed by atoms with Crippen LogP contribution in [0.2, 0.25) is 0 Å². The van der Waals surface area contributed by atoms with Crippen LogP contribution in [-0.4, -0.2) is 12.1 Å². The van der Waals surface area contributed by atoms with Gasteiger partial charge in [0.25, 0.3) is 5.91 Å². The summed E-state index contributed by atoms with van der Waals surface area (Å²) in [5.74, 6) is 2.70. The van der Waals surface area contributed by atoms with Crippen LogP contribution in [0.3, 0.4) is 0 Å². The molecular weight excluding hydrogens is 178 g/mol. The maximum Gasteiger partial charge on any atom is 0.258 e. The molecule has 2 rings (SSSR count). The second-order valence-electron chi connectivity index (χ2n) is 3.14. The molecule has 0 aliphatic carbocycles. The largest absolute Gasteiger partial charge is 0.459 e. The molecule has 1 aliphatic heterocycles. The number of hydrogen-bond donors (Lipinski definition) is 1. The fourth-order valence-electron chi connectivity index (χ4n) is 1.35. The van der Waals surface area contributed by atoms with Gasteiger partial charge in [-0.3, -0.25) is 4.79 Å². The SMILES string of the molecule is C#CC1NC(=O)c2cc(C)ccc2O1. The van der Waals surface area contributed by atoms with E-state index in [0.717, 1.165) is 5.56 Å². The third kappa shape index (κ3) is 1.31. The van der Waals surface area contributed by atoms with Crippen molar-refractivity contribution >= 4 is 5.91 Å². The molecule has 0 spiro atoms. The molecule has 70 valence electrons. The molecular formula is C11H9NO2. The van der Waals surface area contributed by atoms with E-state index in [2.05, 4.69) is 11.2 Å². The van der Waals surface area contributed by atoms with Crippen LogP contribution in [0, 0.1) is 19.3 Å². The first-order chi connectivity index (χ1) is 6.70. The van der Waals surface area contributed by atoms with Gasteiger partial charge < -0.3 is 10.1 Å². The van der Waals surface area contributed by atoms with E-state index < -0.39 is 6.23 Å². The quantitative estimate of drug-likeness (QED) is 0.617. The molecule has 0 fully saturated rings. The van der Waals surface area contributed by atoms with Gasteiger partial charge in [0, 0.05) is 0 Å². The zero-order valence-corrected chi connectivity index (χ0v) is 7.70. The number of rotatable bonds is 0. The van der Waals surface area contributed by atoms with Crippen molar-refractivity contribution in [1.82, 2.24) is 5.32 Å². The molecule has 1 aromatic carbocycles. The zero-order chi connectivity index (χ0) is 10.1. The molecule has 1 aromatic rings. The summed E-state index contributed by atoms with van der Waals surface area (Å²) in [6.45, 7) is 1.92. The minimum absolute atomic E-state index is 0.182. The van der Waals surface area contributed by atoms with Gasteiger partial charge >= 0.3 is 0 Å². The summed E-state index contributed by atoms with van der Waals surface area (Å²) in [6, 6.07) is 5.41. The highest BCUT2D eigenvalue weighted by molar-refractivity contribution is 5.98. The van der Waals surface area contributed by atoms with E-state index >= 15 is 0 Å². The van der Waals surface area contributed by atoms with E-state index in [1.807, 2.05) is 13.0 Å². The van der Waals surface area contributed by atoms with Gasteiger partial charge in [-0.2, -0.15) is 0 Å². The van der Waals surface area contributed by atoms with Gasteiger partial charge in [-0.1, -0.05) is 11.6 Å². The number of aryl methyl sites for hydroxylation is 1. The maximum atomic E-state index is 11.5. The predicted molar refractivity (Wildman–Crippen MR) is 51.9 cm³/mol. The Morgan fingerprint density at radius 2 is 2.36 bits per heavy atom. The molecule has 0 saturated carbocycles. The topological polar surface area (TPSA) is 38.3 Å². The maximum absolute atomic E-state index is 11.5. The minimum Gasteiger partial charge on any atom is -0.459 e. The molecule has 1 heterocycles. The number of carbonyl (C=O) groups is 1. The average molecular weight is 187 g/mol. The van der Waals surface area contributed by atoms with Gasteiger partial charge in [-0.15, -0.1) is 6.42 Å². The smallest absolute Gasteiger partial charge is 0.258 e. The molecule has 0 aromatic heterocycles. The number of hydrogen-bond acceptors (Lipinski definition) is 2. The van der Waals surface area contributed by atoms with Crippen LogP contribution in [0.15, 0.2) is 18.2 Å². The number of terminal acetylenes is 1. The van der Waals surface area contributed by atoms with E-state index in [1.165, 1.54) is 0 Å². The van der Waals surface area contributed by atoms with Crippen molar-refractivity contribution in [3.05, 3.63) is 29.3 Å².